The van der Waals surface area contributed by atoms with E-state index in [2.05, 4.69) is 10.3 Å². The normalized spacial score (nSPS) is 16.3. The smallest absolute Gasteiger partial charge is 0.251 e. The Morgan fingerprint density at radius 1 is 1.13 bits per heavy atom. The Morgan fingerprint density at radius 2 is 1.97 bits per heavy atom. The zero-order valence-electron chi connectivity index (χ0n) is 16.7. The molecule has 0 unspecified atom stereocenters. The monoisotopic (exact) mass is 432 g/mol. The van der Waals surface area contributed by atoms with E-state index in [0.29, 0.717) is 17.3 Å². The van der Waals surface area contributed by atoms with Crippen LogP contribution in [-0.2, 0) is 11.3 Å². The van der Waals surface area contributed by atoms with Gasteiger partial charge in [0, 0.05) is 30.0 Å². The number of carbonyl (C=O) groups excluding carboxylic acids is 1. The molecular weight excluding hydrogens is 412 g/mol. The van der Waals surface area contributed by atoms with Crippen LogP contribution >= 0.6 is 11.3 Å². The predicted molar refractivity (Wildman–Crippen MR) is 118 cm³/mol. The fourth-order valence-electron chi connectivity index (χ4n) is 4.39. The first kappa shape index (κ1) is 18.4. The molecule has 1 aliphatic heterocycles. The summed E-state index contributed by atoms with van der Waals surface area (Å²) in [5.74, 6) is 1.46. The lowest BCUT2D eigenvalue weighted by Crippen LogP contribution is -2.34. The molecule has 2 aromatic carbocycles. The van der Waals surface area contributed by atoms with Gasteiger partial charge in [0.2, 0.25) is 5.91 Å². The van der Waals surface area contributed by atoms with E-state index in [1.165, 1.54) is 11.3 Å². The van der Waals surface area contributed by atoms with Gasteiger partial charge in [-0.1, -0.05) is 12.1 Å². The number of benzene rings is 2. The molecule has 1 fully saturated rings. The van der Waals surface area contributed by atoms with Crippen molar-refractivity contribution in [2.45, 2.75) is 38.0 Å². The lowest BCUT2D eigenvalue weighted by atomic mass is 10.2. The molecule has 6 rings (SSSR count). The van der Waals surface area contributed by atoms with Gasteiger partial charge in [-0.2, -0.15) is 0 Å². The summed E-state index contributed by atoms with van der Waals surface area (Å²) in [6, 6.07) is 13.3. The Balaban J connectivity index is 1.25. The molecule has 0 atom stereocenters. The summed E-state index contributed by atoms with van der Waals surface area (Å²) in [7, 11) is 0. The number of amides is 1. The van der Waals surface area contributed by atoms with Gasteiger partial charge in [0.25, 0.3) is 5.79 Å². The molecule has 8 heteroatoms. The molecule has 2 aromatic heterocycles. The van der Waals surface area contributed by atoms with Crippen molar-refractivity contribution >= 4 is 34.0 Å². The van der Waals surface area contributed by atoms with Crippen molar-refractivity contribution in [2.75, 3.05) is 5.32 Å². The number of rotatable bonds is 4. The number of carbonyl (C=O) groups is 1. The highest BCUT2D eigenvalue weighted by Crippen LogP contribution is 2.47. The zero-order valence-corrected chi connectivity index (χ0v) is 17.5. The first-order valence-corrected chi connectivity index (χ1v) is 11.3. The van der Waals surface area contributed by atoms with E-state index in [-0.39, 0.29) is 12.5 Å². The molecule has 1 spiro atoms. The molecule has 2 aliphatic rings. The van der Waals surface area contributed by atoms with Crippen LogP contribution in [0.4, 0.5) is 5.69 Å². The van der Waals surface area contributed by atoms with E-state index in [1.807, 2.05) is 52.4 Å². The fraction of sp³-hybridized carbons (Fsp3) is 0.261. The first-order chi connectivity index (χ1) is 15.2. The van der Waals surface area contributed by atoms with E-state index >= 15 is 0 Å². The van der Waals surface area contributed by atoms with Crippen molar-refractivity contribution < 1.29 is 14.3 Å². The summed E-state index contributed by atoms with van der Waals surface area (Å²) in [6.07, 6.45) is 4.02. The van der Waals surface area contributed by atoms with Crippen LogP contribution < -0.4 is 14.8 Å². The van der Waals surface area contributed by atoms with Crippen LogP contribution in [0.25, 0.3) is 22.6 Å². The molecule has 156 valence electrons. The Kier molecular flexibility index (Phi) is 4.21. The van der Waals surface area contributed by atoms with Gasteiger partial charge >= 0.3 is 0 Å². The Bertz CT molecular complexity index is 1280. The van der Waals surface area contributed by atoms with Gasteiger partial charge in [-0.15, -0.1) is 11.3 Å². The molecule has 1 N–H and O–H groups in total. The van der Waals surface area contributed by atoms with Crippen LogP contribution in [-0.4, -0.2) is 26.2 Å². The van der Waals surface area contributed by atoms with Gasteiger partial charge in [-0.3, -0.25) is 4.79 Å². The van der Waals surface area contributed by atoms with Crippen molar-refractivity contribution in [3.05, 3.63) is 53.4 Å². The SMILES string of the molecule is O=C(Cn1c(-c2cscn2)nc2ccccc21)Nc1ccc2c(c1)OC1(CCCC1)O2. The van der Waals surface area contributed by atoms with E-state index in [9.17, 15) is 4.79 Å². The number of thiazole rings is 1. The number of hydrogen-bond acceptors (Lipinski definition) is 6. The minimum Gasteiger partial charge on any atom is -0.448 e. The second-order valence-corrected chi connectivity index (χ2v) is 8.63. The van der Waals surface area contributed by atoms with Gasteiger partial charge in [0.1, 0.15) is 12.2 Å². The minimum absolute atomic E-state index is 0.131. The highest BCUT2D eigenvalue weighted by atomic mass is 32.1. The van der Waals surface area contributed by atoms with Crippen molar-refractivity contribution in [2.24, 2.45) is 0 Å². The molecule has 7 nitrogen and oxygen atoms in total. The number of aromatic nitrogens is 3. The lowest BCUT2D eigenvalue weighted by molar-refractivity contribution is -0.116. The number of para-hydroxylation sites is 2. The molecule has 3 heterocycles. The van der Waals surface area contributed by atoms with Gasteiger partial charge < -0.3 is 19.4 Å². The lowest BCUT2D eigenvalue weighted by Gasteiger charge is -2.21. The Hall–Kier alpha value is -3.39. The third kappa shape index (κ3) is 3.23. The van der Waals surface area contributed by atoms with E-state index < -0.39 is 5.79 Å². The third-order valence-electron chi connectivity index (χ3n) is 5.80. The maximum Gasteiger partial charge on any atom is 0.251 e. The second kappa shape index (κ2) is 7.09. The Labute approximate surface area is 182 Å². The molecule has 1 amide bonds. The molecule has 0 saturated heterocycles. The number of ether oxygens (including phenoxy) is 2. The molecule has 31 heavy (non-hydrogen) atoms. The molecular formula is C23H20N4O3S. The van der Waals surface area contributed by atoms with Gasteiger partial charge in [-0.25, -0.2) is 9.97 Å². The number of nitrogens with zero attached hydrogens (tertiary/aromatic N) is 3. The van der Waals surface area contributed by atoms with Crippen LogP contribution in [0.3, 0.4) is 0 Å². The van der Waals surface area contributed by atoms with Crippen LogP contribution in [0.1, 0.15) is 25.7 Å². The van der Waals surface area contributed by atoms with E-state index in [4.69, 9.17) is 14.5 Å². The minimum atomic E-state index is -0.511. The summed E-state index contributed by atoms with van der Waals surface area (Å²) in [5.41, 5.74) is 4.95. The Morgan fingerprint density at radius 3 is 2.81 bits per heavy atom. The predicted octanol–water partition coefficient (Wildman–Crippen LogP) is 4.84. The van der Waals surface area contributed by atoms with Crippen molar-refractivity contribution in [1.82, 2.24) is 14.5 Å². The molecule has 0 radical (unpaired) electrons. The largest absolute Gasteiger partial charge is 0.448 e. The third-order valence-corrected chi connectivity index (χ3v) is 6.39. The van der Waals surface area contributed by atoms with Crippen molar-refractivity contribution in [1.29, 1.82) is 0 Å². The van der Waals surface area contributed by atoms with E-state index in [0.717, 1.165) is 48.2 Å². The molecule has 0 bridgehead atoms. The van der Waals surface area contributed by atoms with Crippen LogP contribution in [0.5, 0.6) is 11.5 Å². The summed E-state index contributed by atoms with van der Waals surface area (Å²) >= 11 is 1.50. The fourth-order valence-corrected chi connectivity index (χ4v) is 4.92. The van der Waals surface area contributed by atoms with E-state index in [1.54, 1.807) is 5.51 Å². The number of imidazole rings is 1. The number of fused-ring (bicyclic) bond motifs is 2. The van der Waals surface area contributed by atoms with Gasteiger partial charge in [0.05, 0.1) is 16.5 Å². The molecule has 4 aromatic rings. The summed E-state index contributed by atoms with van der Waals surface area (Å²) in [5, 5.41) is 4.92. The van der Waals surface area contributed by atoms with Crippen LogP contribution in [0.2, 0.25) is 0 Å². The second-order valence-electron chi connectivity index (χ2n) is 7.92. The van der Waals surface area contributed by atoms with Crippen LogP contribution in [0, 0.1) is 0 Å². The average molecular weight is 433 g/mol. The van der Waals surface area contributed by atoms with Gasteiger partial charge in [0.15, 0.2) is 17.3 Å². The average Bonchev–Trinajstić information content (AvgIpc) is 3.55. The standard InChI is InChI=1S/C23H20N4O3S/c28-21(25-15-7-8-19-20(11-15)30-23(29-19)9-3-4-10-23)12-27-18-6-2-1-5-16(18)26-22(27)17-13-31-14-24-17/h1-2,5-8,11,13-14H,3-4,9-10,12H2,(H,25,28). The van der Waals surface area contributed by atoms with Crippen LogP contribution in [0.15, 0.2) is 53.4 Å². The van der Waals surface area contributed by atoms with Crippen molar-refractivity contribution in [3.8, 4) is 23.0 Å². The summed E-state index contributed by atoms with van der Waals surface area (Å²) < 4.78 is 14.1. The maximum atomic E-state index is 12.9. The number of anilines is 1. The topological polar surface area (TPSA) is 78.3 Å². The summed E-state index contributed by atoms with van der Waals surface area (Å²) in [4.78, 5) is 22.0. The highest BCUT2D eigenvalue weighted by molar-refractivity contribution is 7.07. The zero-order chi connectivity index (χ0) is 20.8. The van der Waals surface area contributed by atoms with Crippen molar-refractivity contribution in [3.63, 3.8) is 0 Å². The highest BCUT2D eigenvalue weighted by Gasteiger charge is 2.44. The number of hydrogen-bond donors (Lipinski definition) is 1. The quantitative estimate of drug-likeness (QED) is 0.499. The summed E-state index contributed by atoms with van der Waals surface area (Å²) in [6.45, 7) is 0.131. The number of nitrogens with one attached hydrogen (secondary N) is 1. The maximum absolute atomic E-state index is 12.9. The molecule has 1 aliphatic carbocycles. The first-order valence-electron chi connectivity index (χ1n) is 10.3. The molecule has 1 saturated carbocycles. The van der Waals surface area contributed by atoms with Gasteiger partial charge in [-0.05, 0) is 37.1 Å².